The first-order chi connectivity index (χ1) is 14.5. The maximum atomic E-state index is 13.0. The topological polar surface area (TPSA) is 84.6 Å². The second kappa shape index (κ2) is 7.89. The van der Waals surface area contributed by atoms with Gasteiger partial charge < -0.3 is 9.52 Å². The summed E-state index contributed by atoms with van der Waals surface area (Å²) < 4.78 is 31.2. The van der Waals surface area contributed by atoms with E-state index >= 15 is 0 Å². The molecular formula is C25H32O5S. The van der Waals surface area contributed by atoms with Crippen LogP contribution in [-0.2, 0) is 39.5 Å². The van der Waals surface area contributed by atoms with Crippen LogP contribution >= 0.6 is 0 Å². The molecule has 1 N–H and O–H groups in total. The number of carbonyl (C=O) groups is 1. The number of hydrogen-bond donors (Lipinski definition) is 1. The monoisotopic (exact) mass is 444 g/mol. The largest absolute Gasteiger partial charge is 0.450 e. The van der Waals surface area contributed by atoms with Crippen molar-refractivity contribution in [1.29, 1.82) is 0 Å². The summed E-state index contributed by atoms with van der Waals surface area (Å²) in [4.78, 5) is 13.0. The third-order valence-electron chi connectivity index (χ3n) is 6.84. The van der Waals surface area contributed by atoms with Crippen molar-refractivity contribution < 1.29 is 22.7 Å². The van der Waals surface area contributed by atoms with Crippen LogP contribution in [0.25, 0.3) is 0 Å². The number of furan rings is 1. The van der Waals surface area contributed by atoms with Gasteiger partial charge in [0.1, 0.15) is 11.5 Å². The van der Waals surface area contributed by atoms with E-state index in [1.165, 1.54) is 35.6 Å². The zero-order valence-electron chi connectivity index (χ0n) is 18.8. The lowest BCUT2D eigenvalue weighted by Gasteiger charge is -2.19. The van der Waals surface area contributed by atoms with Crippen LogP contribution in [-0.4, -0.2) is 25.1 Å². The molecule has 0 saturated heterocycles. The summed E-state index contributed by atoms with van der Waals surface area (Å²) in [6, 6.07) is 5.71. The fourth-order valence-electron chi connectivity index (χ4n) is 4.99. The molecule has 1 heterocycles. The fraction of sp³-hybridized carbons (Fsp3) is 0.560. The van der Waals surface area contributed by atoms with E-state index in [-0.39, 0.29) is 17.3 Å². The molecule has 31 heavy (non-hydrogen) atoms. The Morgan fingerprint density at radius 2 is 1.97 bits per heavy atom. The van der Waals surface area contributed by atoms with Gasteiger partial charge in [-0.1, -0.05) is 19.1 Å². The van der Waals surface area contributed by atoms with Crippen molar-refractivity contribution in [2.24, 2.45) is 5.92 Å². The summed E-state index contributed by atoms with van der Waals surface area (Å²) in [7, 11) is -3.92. The molecule has 0 aliphatic heterocycles. The van der Waals surface area contributed by atoms with Crippen molar-refractivity contribution >= 4 is 15.6 Å². The number of carbonyl (C=O) groups excluding carboxylic acids is 1. The van der Waals surface area contributed by atoms with Crippen molar-refractivity contribution in [3.05, 3.63) is 51.8 Å². The van der Waals surface area contributed by atoms with Crippen LogP contribution in [0.1, 0.15) is 79.5 Å². The van der Waals surface area contributed by atoms with E-state index in [4.69, 9.17) is 4.42 Å². The SMILES string of the molecule is Cc1oc(S(=O)(=O)CC(=O)Cc2c(C(C)C3CC3)ccc3c2CCC3)cc1C(C)(C)O. The van der Waals surface area contributed by atoms with E-state index in [2.05, 4.69) is 19.1 Å². The third kappa shape index (κ3) is 4.51. The molecule has 2 aliphatic carbocycles. The van der Waals surface area contributed by atoms with E-state index in [0.29, 0.717) is 23.2 Å². The second-order valence-electron chi connectivity index (χ2n) is 9.82. The first-order valence-corrected chi connectivity index (χ1v) is 12.8. The highest BCUT2D eigenvalue weighted by Crippen LogP contribution is 2.44. The van der Waals surface area contributed by atoms with Crippen molar-refractivity contribution in [1.82, 2.24) is 0 Å². The molecule has 168 valence electrons. The van der Waals surface area contributed by atoms with E-state index in [1.807, 2.05) is 0 Å². The molecule has 1 aromatic heterocycles. The van der Waals surface area contributed by atoms with Crippen molar-refractivity contribution in [3.8, 4) is 0 Å². The van der Waals surface area contributed by atoms with Gasteiger partial charge in [0.25, 0.3) is 0 Å². The van der Waals surface area contributed by atoms with Gasteiger partial charge in [0.2, 0.25) is 14.9 Å². The first-order valence-electron chi connectivity index (χ1n) is 11.2. The fourth-order valence-corrected chi connectivity index (χ4v) is 6.21. The van der Waals surface area contributed by atoms with Gasteiger partial charge in [-0.2, -0.15) is 0 Å². The number of aryl methyl sites for hydroxylation is 2. The number of benzene rings is 1. The highest BCUT2D eigenvalue weighted by molar-refractivity contribution is 7.92. The summed E-state index contributed by atoms with van der Waals surface area (Å²) >= 11 is 0. The smallest absolute Gasteiger partial charge is 0.219 e. The van der Waals surface area contributed by atoms with Gasteiger partial charge in [-0.25, -0.2) is 8.42 Å². The number of aliphatic hydroxyl groups is 1. The zero-order valence-corrected chi connectivity index (χ0v) is 19.6. The maximum absolute atomic E-state index is 13.0. The van der Waals surface area contributed by atoms with E-state index in [0.717, 1.165) is 24.8 Å². The number of hydrogen-bond acceptors (Lipinski definition) is 5. The molecule has 1 aromatic carbocycles. The lowest BCUT2D eigenvalue weighted by atomic mass is 9.86. The molecule has 0 bridgehead atoms. The number of rotatable bonds is 8. The lowest BCUT2D eigenvalue weighted by molar-refractivity contribution is -0.116. The summed E-state index contributed by atoms with van der Waals surface area (Å²) in [5.41, 5.74) is 4.03. The minimum absolute atomic E-state index is 0.146. The molecule has 0 spiro atoms. The molecule has 4 rings (SSSR count). The Labute approximate surface area is 184 Å². The zero-order chi connectivity index (χ0) is 22.6. The molecule has 1 fully saturated rings. The molecule has 1 saturated carbocycles. The van der Waals surface area contributed by atoms with Crippen LogP contribution in [0.15, 0.2) is 27.7 Å². The number of ketones is 1. The van der Waals surface area contributed by atoms with Crippen molar-refractivity contribution in [2.75, 3.05) is 5.75 Å². The van der Waals surface area contributed by atoms with Crippen LogP contribution in [0.5, 0.6) is 0 Å². The van der Waals surface area contributed by atoms with E-state index < -0.39 is 21.2 Å². The average Bonchev–Trinajstić information content (AvgIpc) is 3.24. The quantitative estimate of drug-likeness (QED) is 0.652. The summed E-state index contributed by atoms with van der Waals surface area (Å²) in [6.45, 7) is 6.99. The molecule has 6 heteroatoms. The Kier molecular flexibility index (Phi) is 5.67. The summed E-state index contributed by atoms with van der Waals surface area (Å²) in [6.07, 6.45) is 5.66. The highest BCUT2D eigenvalue weighted by Gasteiger charge is 2.33. The summed E-state index contributed by atoms with van der Waals surface area (Å²) in [5, 5.41) is 9.98. The molecule has 2 aromatic rings. The maximum Gasteiger partial charge on any atom is 0.219 e. The van der Waals surface area contributed by atoms with Gasteiger partial charge in [0.15, 0.2) is 5.78 Å². The van der Waals surface area contributed by atoms with Gasteiger partial charge in [0.05, 0.1) is 5.60 Å². The normalized spacial score (nSPS) is 17.6. The highest BCUT2D eigenvalue weighted by atomic mass is 32.2. The number of Topliss-reactive ketones (excluding diaryl/α,β-unsaturated/α-hetero) is 1. The van der Waals surface area contributed by atoms with Gasteiger partial charge >= 0.3 is 0 Å². The van der Waals surface area contributed by atoms with Crippen molar-refractivity contribution in [3.63, 3.8) is 0 Å². The van der Waals surface area contributed by atoms with Crippen LogP contribution < -0.4 is 0 Å². The third-order valence-corrected chi connectivity index (χ3v) is 8.36. The predicted octanol–water partition coefficient (Wildman–Crippen LogP) is 4.40. The lowest BCUT2D eigenvalue weighted by Crippen LogP contribution is -2.20. The van der Waals surface area contributed by atoms with Gasteiger partial charge in [0, 0.05) is 18.1 Å². The minimum atomic E-state index is -3.92. The Hall–Kier alpha value is -1.92. The molecule has 2 aliphatic rings. The Bertz CT molecular complexity index is 1110. The molecule has 0 amide bonds. The Morgan fingerprint density at radius 3 is 2.58 bits per heavy atom. The first kappa shape index (κ1) is 22.3. The molecule has 5 nitrogen and oxygen atoms in total. The molecular weight excluding hydrogens is 412 g/mol. The molecule has 1 atom stereocenters. The average molecular weight is 445 g/mol. The predicted molar refractivity (Wildman–Crippen MR) is 119 cm³/mol. The van der Waals surface area contributed by atoms with Crippen LogP contribution in [0.2, 0.25) is 0 Å². The second-order valence-corrected chi connectivity index (χ2v) is 11.7. The minimum Gasteiger partial charge on any atom is -0.450 e. The Morgan fingerprint density at radius 1 is 1.26 bits per heavy atom. The Balaban J connectivity index is 1.59. The van der Waals surface area contributed by atoms with Gasteiger partial charge in [-0.3, -0.25) is 4.79 Å². The van der Waals surface area contributed by atoms with Gasteiger partial charge in [-0.15, -0.1) is 0 Å². The van der Waals surface area contributed by atoms with E-state index in [1.54, 1.807) is 20.8 Å². The molecule has 1 unspecified atom stereocenters. The number of fused-ring (bicyclic) bond motifs is 1. The van der Waals surface area contributed by atoms with Gasteiger partial charge in [-0.05, 0) is 87.0 Å². The molecule has 0 radical (unpaired) electrons. The van der Waals surface area contributed by atoms with Crippen molar-refractivity contribution in [2.45, 2.75) is 82.8 Å². The van der Waals surface area contributed by atoms with Crippen LogP contribution in [0.4, 0.5) is 0 Å². The van der Waals surface area contributed by atoms with E-state index in [9.17, 15) is 18.3 Å². The van der Waals surface area contributed by atoms with Crippen LogP contribution in [0.3, 0.4) is 0 Å². The van der Waals surface area contributed by atoms with Crippen LogP contribution in [0, 0.1) is 12.8 Å². The summed E-state index contributed by atoms with van der Waals surface area (Å²) in [5.74, 6) is 0.505. The standard InChI is InChI=1S/C25H32O5S/c1-15(17-8-9-17)20-11-10-18-6-5-7-21(18)22(20)12-19(26)14-31(28,29)24-13-23(16(2)30-24)25(3,4)27/h10-11,13,15,17,27H,5-9,12,14H2,1-4H3. The number of sulfone groups is 1.